The number of hydrogen-bond acceptors (Lipinski definition) is 4. The molecule has 96 valence electrons. The molecule has 0 radical (unpaired) electrons. The molecule has 3 aromatic rings. The number of rotatable bonds is 2. The van der Waals surface area contributed by atoms with Gasteiger partial charge in [-0.25, -0.2) is 9.97 Å². The number of nitrogens with two attached hydrogens (primary N) is 1. The van der Waals surface area contributed by atoms with Crippen molar-refractivity contribution >= 4 is 34.6 Å². The maximum Gasteiger partial charge on any atom is 0.180 e. The topological polar surface area (TPSA) is 68.2 Å². The van der Waals surface area contributed by atoms with Crippen LogP contribution in [0.25, 0.3) is 5.65 Å². The van der Waals surface area contributed by atoms with Crippen molar-refractivity contribution in [1.29, 1.82) is 0 Å². The highest BCUT2D eigenvalue weighted by Crippen LogP contribution is 2.24. The third-order valence-corrected chi connectivity index (χ3v) is 3.23. The minimum absolute atomic E-state index is 0.422. The van der Waals surface area contributed by atoms with E-state index in [2.05, 4.69) is 15.3 Å². The lowest BCUT2D eigenvalue weighted by Crippen LogP contribution is -2.02. The second kappa shape index (κ2) is 4.44. The molecule has 0 fully saturated rings. The van der Waals surface area contributed by atoms with Crippen molar-refractivity contribution in [2.75, 3.05) is 11.1 Å². The van der Waals surface area contributed by atoms with Gasteiger partial charge in [0.05, 0.1) is 6.20 Å². The molecule has 19 heavy (non-hydrogen) atoms. The van der Waals surface area contributed by atoms with E-state index >= 15 is 0 Å². The SMILES string of the molecule is Cc1ccc(Nc2nc(N)cn3ccnc23)cc1Cl. The largest absolute Gasteiger partial charge is 0.382 e. The van der Waals surface area contributed by atoms with Gasteiger partial charge in [0, 0.05) is 23.1 Å². The van der Waals surface area contributed by atoms with Crippen molar-refractivity contribution in [3.63, 3.8) is 0 Å². The molecule has 0 bridgehead atoms. The van der Waals surface area contributed by atoms with Crippen LogP contribution >= 0.6 is 11.6 Å². The molecule has 3 N–H and O–H groups in total. The van der Waals surface area contributed by atoms with Gasteiger partial charge in [0.15, 0.2) is 11.5 Å². The van der Waals surface area contributed by atoms with E-state index in [0.717, 1.165) is 11.3 Å². The summed E-state index contributed by atoms with van der Waals surface area (Å²) in [6.07, 6.45) is 5.24. The van der Waals surface area contributed by atoms with Crippen LogP contribution in [0.4, 0.5) is 17.3 Å². The van der Waals surface area contributed by atoms with Gasteiger partial charge in [-0.3, -0.25) is 0 Å². The molecule has 0 spiro atoms. The molecule has 6 heteroatoms. The maximum atomic E-state index is 6.10. The van der Waals surface area contributed by atoms with Crippen molar-refractivity contribution in [3.8, 4) is 0 Å². The van der Waals surface area contributed by atoms with E-state index in [0.29, 0.717) is 22.3 Å². The normalized spacial score (nSPS) is 10.8. The number of nitrogens with zero attached hydrogens (tertiary/aromatic N) is 3. The van der Waals surface area contributed by atoms with Crippen LogP contribution in [0.2, 0.25) is 5.02 Å². The van der Waals surface area contributed by atoms with Crippen molar-refractivity contribution < 1.29 is 0 Å². The highest BCUT2D eigenvalue weighted by Gasteiger charge is 2.07. The van der Waals surface area contributed by atoms with Gasteiger partial charge in [-0.2, -0.15) is 0 Å². The molecule has 0 amide bonds. The first-order chi connectivity index (χ1) is 9.13. The van der Waals surface area contributed by atoms with E-state index in [-0.39, 0.29) is 0 Å². The molecule has 0 saturated carbocycles. The maximum absolute atomic E-state index is 6.10. The summed E-state index contributed by atoms with van der Waals surface area (Å²) in [7, 11) is 0. The highest BCUT2D eigenvalue weighted by molar-refractivity contribution is 6.31. The molecular formula is C13H12ClN5. The number of hydrogen-bond donors (Lipinski definition) is 2. The van der Waals surface area contributed by atoms with Gasteiger partial charge >= 0.3 is 0 Å². The molecule has 2 heterocycles. The van der Waals surface area contributed by atoms with Gasteiger partial charge in [0.25, 0.3) is 0 Å². The highest BCUT2D eigenvalue weighted by atomic mass is 35.5. The number of nitrogen functional groups attached to an aromatic ring is 1. The second-order valence-electron chi connectivity index (χ2n) is 4.26. The molecule has 2 aromatic heterocycles. The quantitative estimate of drug-likeness (QED) is 0.753. The minimum Gasteiger partial charge on any atom is -0.382 e. The van der Waals surface area contributed by atoms with Crippen molar-refractivity contribution in [3.05, 3.63) is 47.4 Å². The Balaban J connectivity index is 2.04. The first kappa shape index (κ1) is 11.8. The van der Waals surface area contributed by atoms with Gasteiger partial charge in [-0.15, -0.1) is 0 Å². The van der Waals surface area contributed by atoms with E-state index in [4.69, 9.17) is 17.3 Å². The number of aryl methyl sites for hydroxylation is 1. The third-order valence-electron chi connectivity index (χ3n) is 2.83. The zero-order chi connectivity index (χ0) is 13.4. The Bertz CT molecular complexity index is 750. The van der Waals surface area contributed by atoms with E-state index < -0.39 is 0 Å². The predicted octanol–water partition coefficient (Wildman–Crippen LogP) is 3.02. The molecule has 3 rings (SSSR count). The van der Waals surface area contributed by atoms with E-state index in [1.54, 1.807) is 12.4 Å². The average molecular weight is 274 g/mol. The van der Waals surface area contributed by atoms with Gasteiger partial charge in [0.2, 0.25) is 0 Å². The van der Waals surface area contributed by atoms with Crippen molar-refractivity contribution in [1.82, 2.24) is 14.4 Å². The van der Waals surface area contributed by atoms with Crippen LogP contribution in [0.3, 0.4) is 0 Å². The molecule has 0 unspecified atom stereocenters. The minimum atomic E-state index is 0.422. The fourth-order valence-corrected chi connectivity index (χ4v) is 2.02. The van der Waals surface area contributed by atoms with Crippen LogP contribution in [0.5, 0.6) is 0 Å². The van der Waals surface area contributed by atoms with Gasteiger partial charge in [-0.05, 0) is 24.6 Å². The molecular weight excluding hydrogens is 262 g/mol. The summed E-state index contributed by atoms with van der Waals surface area (Å²) in [5, 5.41) is 3.89. The lowest BCUT2D eigenvalue weighted by Gasteiger charge is -2.09. The number of aromatic nitrogens is 3. The number of benzene rings is 1. The lowest BCUT2D eigenvalue weighted by atomic mass is 10.2. The number of fused-ring (bicyclic) bond motifs is 1. The van der Waals surface area contributed by atoms with E-state index in [1.807, 2.05) is 35.7 Å². The van der Waals surface area contributed by atoms with Crippen LogP contribution in [-0.2, 0) is 0 Å². The Hall–Kier alpha value is -2.27. The molecule has 1 aromatic carbocycles. The Labute approximate surface area is 115 Å². The fourth-order valence-electron chi connectivity index (χ4n) is 1.84. The average Bonchev–Trinajstić information content (AvgIpc) is 2.82. The fraction of sp³-hybridized carbons (Fsp3) is 0.0769. The van der Waals surface area contributed by atoms with E-state index in [9.17, 15) is 0 Å². The first-order valence-electron chi connectivity index (χ1n) is 5.76. The van der Waals surface area contributed by atoms with Gasteiger partial charge in [-0.1, -0.05) is 17.7 Å². The zero-order valence-corrected chi connectivity index (χ0v) is 11.0. The van der Waals surface area contributed by atoms with Gasteiger partial charge in [0.1, 0.15) is 5.82 Å². The Morgan fingerprint density at radius 2 is 2.21 bits per heavy atom. The molecule has 0 aliphatic carbocycles. The van der Waals surface area contributed by atoms with Crippen molar-refractivity contribution in [2.24, 2.45) is 0 Å². The monoisotopic (exact) mass is 273 g/mol. The third kappa shape index (κ3) is 2.20. The zero-order valence-electron chi connectivity index (χ0n) is 10.3. The number of anilines is 3. The summed E-state index contributed by atoms with van der Waals surface area (Å²) in [5.41, 5.74) is 8.35. The Morgan fingerprint density at radius 1 is 1.37 bits per heavy atom. The lowest BCUT2D eigenvalue weighted by molar-refractivity contribution is 1.14. The van der Waals surface area contributed by atoms with Gasteiger partial charge < -0.3 is 15.5 Å². The number of imidazole rings is 1. The summed E-state index contributed by atoms with van der Waals surface area (Å²) >= 11 is 6.10. The van der Waals surface area contributed by atoms with Crippen LogP contribution in [0.1, 0.15) is 5.56 Å². The Kier molecular flexibility index (Phi) is 2.76. The molecule has 5 nitrogen and oxygen atoms in total. The standard InChI is InChI=1S/C13H12ClN5/c1-8-2-3-9(6-10(8)14)17-12-13-16-4-5-19(13)7-11(15)18-12/h2-7H,15H2,1H3,(H,17,18). The van der Waals surface area contributed by atoms with E-state index in [1.165, 1.54) is 0 Å². The van der Waals surface area contributed by atoms with Crippen LogP contribution in [0, 0.1) is 6.92 Å². The molecule has 0 aliphatic heterocycles. The summed E-state index contributed by atoms with van der Waals surface area (Å²) in [5.74, 6) is 1.02. The summed E-state index contributed by atoms with van der Waals surface area (Å²) < 4.78 is 1.82. The first-order valence-corrected chi connectivity index (χ1v) is 6.13. The predicted molar refractivity (Wildman–Crippen MR) is 76.9 cm³/mol. The van der Waals surface area contributed by atoms with Crippen molar-refractivity contribution in [2.45, 2.75) is 6.92 Å². The summed E-state index contributed by atoms with van der Waals surface area (Å²) in [4.78, 5) is 8.51. The van der Waals surface area contributed by atoms with Crippen LogP contribution < -0.4 is 11.1 Å². The Morgan fingerprint density at radius 3 is 3.00 bits per heavy atom. The van der Waals surface area contributed by atoms with Crippen LogP contribution in [0.15, 0.2) is 36.8 Å². The molecule has 0 aliphatic rings. The summed E-state index contributed by atoms with van der Waals surface area (Å²) in [6.45, 7) is 1.96. The second-order valence-corrected chi connectivity index (χ2v) is 4.67. The number of nitrogens with one attached hydrogen (secondary N) is 1. The summed E-state index contributed by atoms with van der Waals surface area (Å²) in [6, 6.07) is 5.73. The van der Waals surface area contributed by atoms with Crippen LogP contribution in [-0.4, -0.2) is 14.4 Å². The molecule has 0 atom stereocenters. The number of halogens is 1. The smallest absolute Gasteiger partial charge is 0.180 e. The molecule has 0 saturated heterocycles.